The summed E-state index contributed by atoms with van der Waals surface area (Å²) in [7, 11) is -0.674. The highest BCUT2D eigenvalue weighted by molar-refractivity contribution is 7.90. The summed E-state index contributed by atoms with van der Waals surface area (Å²) in [6.45, 7) is 3.28. The average molecular weight is 363 g/mol. The molecule has 0 saturated carbocycles. The molecule has 0 atom stereocenters. The Labute approximate surface area is 147 Å². The quantitative estimate of drug-likeness (QED) is 0.822. The van der Waals surface area contributed by atoms with E-state index in [2.05, 4.69) is 29.7 Å². The van der Waals surface area contributed by atoms with Crippen LogP contribution in [0.25, 0.3) is 0 Å². The molecule has 0 amide bonds. The Hall–Kier alpha value is -2.46. The van der Waals surface area contributed by atoms with Crippen molar-refractivity contribution < 1.29 is 8.42 Å². The van der Waals surface area contributed by atoms with Crippen molar-refractivity contribution in [1.82, 2.24) is 19.5 Å². The van der Waals surface area contributed by atoms with Gasteiger partial charge in [-0.3, -0.25) is 4.72 Å². The van der Waals surface area contributed by atoms with E-state index in [1.807, 2.05) is 18.2 Å². The summed E-state index contributed by atoms with van der Waals surface area (Å²) in [6.07, 6.45) is 1.79. The van der Waals surface area contributed by atoms with E-state index in [1.165, 1.54) is 14.1 Å². The van der Waals surface area contributed by atoms with E-state index in [9.17, 15) is 8.42 Å². The Morgan fingerprint density at radius 1 is 0.960 bits per heavy atom. The fraction of sp³-hybridized carbons (Fsp3) is 0.400. The second-order valence-corrected chi connectivity index (χ2v) is 7.71. The first-order valence-electron chi connectivity index (χ1n) is 7.90. The maximum absolute atomic E-state index is 11.8. The van der Waals surface area contributed by atoms with Crippen LogP contribution in [0.1, 0.15) is 0 Å². The molecule has 10 heteroatoms. The van der Waals surface area contributed by atoms with E-state index >= 15 is 0 Å². The Morgan fingerprint density at radius 3 is 2.16 bits per heavy atom. The topological polar surface area (TPSA) is 94.6 Å². The van der Waals surface area contributed by atoms with Crippen molar-refractivity contribution in [3.05, 3.63) is 36.5 Å². The molecule has 9 nitrogen and oxygen atoms in total. The highest BCUT2D eigenvalue weighted by atomic mass is 32.2. The van der Waals surface area contributed by atoms with Gasteiger partial charge in [0.15, 0.2) is 11.6 Å². The third-order valence-corrected chi connectivity index (χ3v) is 5.37. The van der Waals surface area contributed by atoms with Crippen LogP contribution in [0.5, 0.6) is 0 Å². The fourth-order valence-electron chi connectivity index (χ4n) is 2.48. The van der Waals surface area contributed by atoms with Crippen LogP contribution in [0.3, 0.4) is 0 Å². The summed E-state index contributed by atoms with van der Waals surface area (Å²) < 4.78 is 27.0. The van der Waals surface area contributed by atoms with Crippen LogP contribution in [0.2, 0.25) is 0 Å². The molecule has 1 saturated heterocycles. The molecule has 1 aliphatic heterocycles. The van der Waals surface area contributed by atoms with Gasteiger partial charge in [0.05, 0.1) is 0 Å². The molecule has 0 bridgehead atoms. The van der Waals surface area contributed by atoms with Gasteiger partial charge in [0, 0.05) is 46.5 Å². The zero-order valence-corrected chi connectivity index (χ0v) is 15.0. The van der Waals surface area contributed by atoms with E-state index in [4.69, 9.17) is 0 Å². The molecule has 0 spiro atoms. The summed E-state index contributed by atoms with van der Waals surface area (Å²) in [6, 6.07) is 9.28. The number of rotatable bonds is 5. The Morgan fingerprint density at radius 2 is 1.64 bits per heavy atom. The van der Waals surface area contributed by atoms with Gasteiger partial charge in [-0.15, -0.1) is 10.2 Å². The second-order valence-electron chi connectivity index (χ2n) is 5.83. The van der Waals surface area contributed by atoms with Crippen LogP contribution in [0, 0.1) is 0 Å². The number of anilines is 3. The highest BCUT2D eigenvalue weighted by Crippen LogP contribution is 2.18. The predicted octanol–water partition coefficient (Wildman–Crippen LogP) is 0.416. The van der Waals surface area contributed by atoms with Crippen molar-refractivity contribution in [2.75, 3.05) is 54.8 Å². The second kappa shape index (κ2) is 7.19. The maximum Gasteiger partial charge on any atom is 0.302 e. The van der Waals surface area contributed by atoms with E-state index in [-0.39, 0.29) is 5.82 Å². The van der Waals surface area contributed by atoms with Gasteiger partial charge in [0.25, 0.3) is 0 Å². The third-order valence-electron chi connectivity index (χ3n) is 3.94. The van der Waals surface area contributed by atoms with Gasteiger partial charge in [-0.2, -0.15) is 12.7 Å². The zero-order valence-electron chi connectivity index (χ0n) is 14.2. The molecule has 2 aromatic heterocycles. The van der Waals surface area contributed by atoms with Crippen molar-refractivity contribution in [2.45, 2.75) is 0 Å². The van der Waals surface area contributed by atoms with Gasteiger partial charge in [-0.05, 0) is 24.3 Å². The molecular weight excluding hydrogens is 342 g/mol. The molecule has 0 unspecified atom stereocenters. The lowest BCUT2D eigenvalue weighted by molar-refractivity contribution is 0.526. The number of hydrogen-bond acceptors (Lipinski definition) is 7. The summed E-state index contributed by atoms with van der Waals surface area (Å²) in [4.78, 5) is 8.72. The number of aromatic nitrogens is 3. The first-order valence-corrected chi connectivity index (χ1v) is 9.35. The van der Waals surface area contributed by atoms with Crippen molar-refractivity contribution in [3.8, 4) is 0 Å². The van der Waals surface area contributed by atoms with Crippen molar-refractivity contribution in [1.29, 1.82) is 0 Å². The Bertz CT molecular complexity index is 788. The molecule has 0 aromatic carbocycles. The molecular formula is C15H21N7O2S. The molecule has 0 radical (unpaired) electrons. The maximum atomic E-state index is 11.8. The number of nitrogens with zero attached hydrogens (tertiary/aromatic N) is 6. The smallest absolute Gasteiger partial charge is 0.302 e. The highest BCUT2D eigenvalue weighted by Gasteiger charge is 2.20. The standard InChI is InChI=1S/C15H21N7O2S/c1-20(2)25(23,24)19-13-6-7-15(18-17-13)22-11-9-21(10-12-22)14-5-3-4-8-16-14/h3-8H,9-12H2,1-2H3,(H,17,19). The van der Waals surface area contributed by atoms with Crippen LogP contribution in [-0.2, 0) is 10.2 Å². The average Bonchev–Trinajstić information content (AvgIpc) is 2.63. The normalized spacial score (nSPS) is 15.5. The number of nitrogens with one attached hydrogen (secondary N) is 1. The lowest BCUT2D eigenvalue weighted by Gasteiger charge is -2.35. The van der Waals surface area contributed by atoms with Crippen LogP contribution >= 0.6 is 0 Å². The lowest BCUT2D eigenvalue weighted by atomic mass is 10.3. The van der Waals surface area contributed by atoms with Gasteiger partial charge in [-0.25, -0.2) is 4.98 Å². The third kappa shape index (κ3) is 4.15. The minimum Gasteiger partial charge on any atom is -0.353 e. The molecule has 1 N–H and O–H groups in total. The van der Waals surface area contributed by atoms with E-state index in [0.717, 1.165) is 42.1 Å². The van der Waals surface area contributed by atoms with Crippen molar-refractivity contribution >= 4 is 27.7 Å². The Balaban J connectivity index is 1.61. The predicted molar refractivity (Wildman–Crippen MR) is 96.9 cm³/mol. The van der Waals surface area contributed by atoms with Crippen LogP contribution in [-0.4, -0.2) is 68.2 Å². The largest absolute Gasteiger partial charge is 0.353 e. The van der Waals surface area contributed by atoms with Gasteiger partial charge in [-0.1, -0.05) is 6.07 Å². The first-order chi connectivity index (χ1) is 12.0. The fourth-order valence-corrected chi connectivity index (χ4v) is 3.03. The van der Waals surface area contributed by atoms with Gasteiger partial charge in [0.2, 0.25) is 0 Å². The molecule has 2 aromatic rings. The van der Waals surface area contributed by atoms with Crippen LogP contribution < -0.4 is 14.5 Å². The van der Waals surface area contributed by atoms with Gasteiger partial charge < -0.3 is 9.80 Å². The van der Waals surface area contributed by atoms with Crippen molar-refractivity contribution in [2.24, 2.45) is 0 Å². The molecule has 3 heterocycles. The summed E-state index contributed by atoms with van der Waals surface area (Å²) in [5.41, 5.74) is 0. The molecule has 1 aliphatic rings. The van der Waals surface area contributed by atoms with E-state index < -0.39 is 10.2 Å². The minimum absolute atomic E-state index is 0.199. The summed E-state index contributed by atoms with van der Waals surface area (Å²) >= 11 is 0. The summed E-state index contributed by atoms with van der Waals surface area (Å²) in [5.74, 6) is 1.90. The van der Waals surface area contributed by atoms with Gasteiger partial charge in [0.1, 0.15) is 5.82 Å². The summed E-state index contributed by atoms with van der Waals surface area (Å²) in [5, 5.41) is 8.10. The Kier molecular flexibility index (Phi) is 5.00. The zero-order chi connectivity index (χ0) is 17.9. The van der Waals surface area contributed by atoms with Crippen molar-refractivity contribution in [3.63, 3.8) is 0 Å². The first kappa shape index (κ1) is 17.4. The van der Waals surface area contributed by atoms with Gasteiger partial charge >= 0.3 is 10.2 Å². The molecule has 0 aliphatic carbocycles. The number of pyridine rings is 1. The number of piperazine rings is 1. The molecule has 3 rings (SSSR count). The van der Waals surface area contributed by atoms with E-state index in [1.54, 1.807) is 18.3 Å². The van der Waals surface area contributed by atoms with Crippen LogP contribution in [0.4, 0.5) is 17.5 Å². The minimum atomic E-state index is -3.57. The van der Waals surface area contributed by atoms with E-state index in [0.29, 0.717) is 0 Å². The molecule has 25 heavy (non-hydrogen) atoms. The monoisotopic (exact) mass is 363 g/mol. The lowest BCUT2D eigenvalue weighted by Crippen LogP contribution is -2.47. The molecule has 1 fully saturated rings. The molecule has 134 valence electrons. The van der Waals surface area contributed by atoms with Crippen LogP contribution in [0.15, 0.2) is 36.5 Å². The number of hydrogen-bond donors (Lipinski definition) is 1. The SMILES string of the molecule is CN(C)S(=O)(=O)Nc1ccc(N2CCN(c3ccccn3)CC2)nn1.